The smallest absolute Gasteiger partial charge is 0.303 e. The molecule has 0 spiro atoms. The molecule has 104 valence electrons. The molecular weight excluding hydrogens is 254 g/mol. The third kappa shape index (κ3) is 3.15. The summed E-state index contributed by atoms with van der Waals surface area (Å²) in [6.45, 7) is 1.91. The number of hydrogen-bond donors (Lipinski definition) is 1. The highest BCUT2D eigenvalue weighted by molar-refractivity contribution is 5.72. The third-order valence-corrected chi connectivity index (χ3v) is 3.26. The minimum absolute atomic E-state index is 0.0426. The predicted octanol–water partition coefficient (Wildman–Crippen LogP) is 3.34. The Kier molecular flexibility index (Phi) is 4.35. The fraction of sp³-hybridized carbons (Fsp3) is 0.250. The highest BCUT2D eigenvalue weighted by atomic mass is 16.5. The number of carbonyl (C=O) groups is 1. The summed E-state index contributed by atoms with van der Waals surface area (Å²) < 4.78 is 5.38. The molecule has 0 aliphatic carbocycles. The van der Waals surface area contributed by atoms with E-state index in [1.54, 1.807) is 19.5 Å². The van der Waals surface area contributed by atoms with E-state index in [1.807, 2.05) is 37.3 Å². The van der Waals surface area contributed by atoms with E-state index >= 15 is 0 Å². The third-order valence-electron chi connectivity index (χ3n) is 3.26. The molecule has 0 fully saturated rings. The number of pyridine rings is 1. The van der Waals surface area contributed by atoms with Crippen molar-refractivity contribution in [2.75, 3.05) is 7.11 Å². The number of rotatable bonds is 5. The van der Waals surface area contributed by atoms with Crippen molar-refractivity contribution in [2.45, 2.75) is 19.3 Å². The van der Waals surface area contributed by atoms with E-state index in [2.05, 4.69) is 4.98 Å². The summed E-state index contributed by atoms with van der Waals surface area (Å²) in [5.41, 5.74) is 2.94. The van der Waals surface area contributed by atoms with Crippen molar-refractivity contribution < 1.29 is 14.6 Å². The van der Waals surface area contributed by atoms with Gasteiger partial charge in [-0.3, -0.25) is 9.78 Å². The normalized spacial score (nSPS) is 11.9. The van der Waals surface area contributed by atoms with Gasteiger partial charge in [-0.2, -0.15) is 0 Å². The van der Waals surface area contributed by atoms with Crippen LogP contribution in [-0.2, 0) is 4.79 Å². The molecule has 20 heavy (non-hydrogen) atoms. The summed E-state index contributed by atoms with van der Waals surface area (Å²) in [7, 11) is 1.63. The van der Waals surface area contributed by atoms with E-state index in [1.165, 1.54) is 0 Å². The zero-order valence-electron chi connectivity index (χ0n) is 11.5. The summed E-state index contributed by atoms with van der Waals surface area (Å²) in [5, 5.41) is 8.90. The monoisotopic (exact) mass is 271 g/mol. The molecule has 0 amide bonds. The van der Waals surface area contributed by atoms with E-state index in [0.29, 0.717) is 0 Å². The molecule has 1 aromatic carbocycles. The van der Waals surface area contributed by atoms with Gasteiger partial charge in [0.25, 0.3) is 0 Å². The molecule has 2 rings (SSSR count). The lowest BCUT2D eigenvalue weighted by molar-refractivity contribution is -0.137. The van der Waals surface area contributed by atoms with E-state index in [0.717, 1.165) is 22.4 Å². The van der Waals surface area contributed by atoms with E-state index < -0.39 is 5.97 Å². The molecule has 1 unspecified atom stereocenters. The van der Waals surface area contributed by atoms with Crippen molar-refractivity contribution in [1.82, 2.24) is 4.98 Å². The number of methoxy groups -OCH3 is 1. The second-order valence-electron chi connectivity index (χ2n) is 4.69. The van der Waals surface area contributed by atoms with Gasteiger partial charge in [0.05, 0.1) is 13.5 Å². The Hall–Kier alpha value is -2.36. The van der Waals surface area contributed by atoms with Crippen LogP contribution >= 0.6 is 0 Å². The minimum Gasteiger partial charge on any atom is -0.496 e. The van der Waals surface area contributed by atoms with Crippen molar-refractivity contribution in [3.8, 4) is 16.9 Å². The van der Waals surface area contributed by atoms with Crippen LogP contribution in [0.15, 0.2) is 42.7 Å². The average molecular weight is 271 g/mol. The average Bonchev–Trinajstić information content (AvgIpc) is 2.46. The van der Waals surface area contributed by atoms with E-state index in [4.69, 9.17) is 9.84 Å². The van der Waals surface area contributed by atoms with Gasteiger partial charge in [-0.15, -0.1) is 0 Å². The molecule has 0 radical (unpaired) electrons. The van der Waals surface area contributed by atoms with Crippen molar-refractivity contribution in [3.05, 3.63) is 48.3 Å². The van der Waals surface area contributed by atoms with Crippen molar-refractivity contribution in [3.63, 3.8) is 0 Å². The number of aromatic nitrogens is 1. The van der Waals surface area contributed by atoms with Crippen LogP contribution in [0.25, 0.3) is 11.1 Å². The van der Waals surface area contributed by atoms with Gasteiger partial charge in [0.1, 0.15) is 5.75 Å². The fourth-order valence-electron chi connectivity index (χ4n) is 2.17. The lowest BCUT2D eigenvalue weighted by Gasteiger charge is -2.14. The molecule has 0 saturated heterocycles. The van der Waals surface area contributed by atoms with Gasteiger partial charge in [-0.1, -0.05) is 13.0 Å². The van der Waals surface area contributed by atoms with Gasteiger partial charge < -0.3 is 9.84 Å². The van der Waals surface area contributed by atoms with Crippen molar-refractivity contribution in [2.24, 2.45) is 0 Å². The maximum absolute atomic E-state index is 10.8. The first-order valence-electron chi connectivity index (χ1n) is 6.42. The maximum Gasteiger partial charge on any atom is 0.303 e. The number of benzene rings is 1. The first-order chi connectivity index (χ1) is 9.61. The Labute approximate surface area is 118 Å². The quantitative estimate of drug-likeness (QED) is 0.906. The van der Waals surface area contributed by atoms with Crippen LogP contribution in [0.5, 0.6) is 5.75 Å². The standard InChI is InChI=1S/C16H17NO3/c1-11(9-16(18)19)13-3-4-15(20-2)14(10-13)12-5-7-17-8-6-12/h3-8,10-11H,9H2,1-2H3,(H,18,19). The number of nitrogens with zero attached hydrogens (tertiary/aromatic N) is 1. The molecule has 1 atom stereocenters. The highest BCUT2D eigenvalue weighted by Gasteiger charge is 2.13. The van der Waals surface area contributed by atoms with E-state index in [9.17, 15) is 4.79 Å². The summed E-state index contributed by atoms with van der Waals surface area (Å²) in [6.07, 6.45) is 3.56. The fourth-order valence-corrected chi connectivity index (χ4v) is 2.17. The molecule has 0 bridgehead atoms. The molecule has 1 N–H and O–H groups in total. The first-order valence-corrected chi connectivity index (χ1v) is 6.42. The molecule has 0 aliphatic heterocycles. The first kappa shape index (κ1) is 14.1. The predicted molar refractivity (Wildman–Crippen MR) is 76.9 cm³/mol. The number of ether oxygens (including phenoxy) is 1. The zero-order chi connectivity index (χ0) is 14.5. The lowest BCUT2D eigenvalue weighted by Crippen LogP contribution is -2.03. The second kappa shape index (κ2) is 6.19. The molecule has 0 saturated carbocycles. The van der Waals surface area contributed by atoms with Crippen LogP contribution < -0.4 is 4.74 Å². The number of hydrogen-bond acceptors (Lipinski definition) is 3. The van der Waals surface area contributed by atoms with Crippen LogP contribution in [0, 0.1) is 0 Å². The maximum atomic E-state index is 10.8. The van der Waals surface area contributed by atoms with Crippen molar-refractivity contribution in [1.29, 1.82) is 0 Å². The summed E-state index contributed by atoms with van der Waals surface area (Å²) in [4.78, 5) is 14.8. The van der Waals surface area contributed by atoms with Crippen molar-refractivity contribution >= 4 is 5.97 Å². The van der Waals surface area contributed by atoms with Crippen LogP contribution in [0.1, 0.15) is 24.8 Å². The van der Waals surface area contributed by atoms with Gasteiger partial charge in [0.15, 0.2) is 0 Å². The summed E-state index contributed by atoms with van der Waals surface area (Å²) in [5.74, 6) is -0.0692. The zero-order valence-corrected chi connectivity index (χ0v) is 11.5. The number of aliphatic carboxylic acids is 1. The van der Waals surface area contributed by atoms with Gasteiger partial charge in [0.2, 0.25) is 0 Å². The summed E-state index contributed by atoms with van der Waals surface area (Å²) >= 11 is 0. The largest absolute Gasteiger partial charge is 0.496 e. The molecule has 1 aromatic heterocycles. The Balaban J connectivity index is 2.42. The van der Waals surface area contributed by atoms with Crippen LogP contribution in [0.3, 0.4) is 0 Å². The Morgan fingerprint density at radius 1 is 1.30 bits per heavy atom. The molecule has 2 aromatic rings. The number of carboxylic acid groups (broad SMARTS) is 1. The lowest BCUT2D eigenvalue weighted by atomic mass is 9.94. The SMILES string of the molecule is COc1ccc(C(C)CC(=O)O)cc1-c1ccncc1. The van der Waals surface area contributed by atoms with Gasteiger partial charge in [0, 0.05) is 18.0 Å². The molecule has 0 aliphatic rings. The topological polar surface area (TPSA) is 59.4 Å². The van der Waals surface area contributed by atoms with Gasteiger partial charge in [-0.05, 0) is 41.3 Å². The molecular formula is C16H17NO3. The van der Waals surface area contributed by atoms with Gasteiger partial charge >= 0.3 is 5.97 Å². The minimum atomic E-state index is -0.793. The van der Waals surface area contributed by atoms with Crippen LogP contribution in [0.2, 0.25) is 0 Å². The van der Waals surface area contributed by atoms with Gasteiger partial charge in [-0.25, -0.2) is 0 Å². The number of carboxylic acids is 1. The summed E-state index contributed by atoms with van der Waals surface area (Å²) in [6, 6.07) is 9.59. The molecule has 4 heteroatoms. The Bertz CT molecular complexity index is 596. The second-order valence-corrected chi connectivity index (χ2v) is 4.69. The molecule has 4 nitrogen and oxygen atoms in total. The Morgan fingerprint density at radius 2 is 2.00 bits per heavy atom. The Morgan fingerprint density at radius 3 is 2.60 bits per heavy atom. The van der Waals surface area contributed by atoms with Crippen LogP contribution in [-0.4, -0.2) is 23.2 Å². The van der Waals surface area contributed by atoms with E-state index in [-0.39, 0.29) is 12.3 Å². The highest BCUT2D eigenvalue weighted by Crippen LogP contribution is 2.33. The van der Waals surface area contributed by atoms with Crippen LogP contribution in [0.4, 0.5) is 0 Å². The molecule has 1 heterocycles.